The van der Waals surface area contributed by atoms with Crippen LogP contribution in [0.25, 0.3) is 16.8 Å². The largest absolute Gasteiger partial charge is 0.421 e. The van der Waals surface area contributed by atoms with Crippen LogP contribution in [0, 0.1) is 0 Å². The monoisotopic (exact) mass is 360 g/mol. The van der Waals surface area contributed by atoms with Crippen molar-refractivity contribution in [3.05, 3.63) is 59.9 Å². The lowest BCUT2D eigenvalue weighted by molar-refractivity contribution is -0.259. The first kappa shape index (κ1) is 16.7. The topological polar surface area (TPSA) is 63.8 Å². The van der Waals surface area contributed by atoms with E-state index >= 15 is 0 Å². The zero-order chi connectivity index (χ0) is 18.5. The molecule has 0 aliphatic carbocycles. The molecule has 1 N–H and O–H groups in total. The van der Waals surface area contributed by atoms with Gasteiger partial charge in [0.1, 0.15) is 12.2 Å². The summed E-state index contributed by atoms with van der Waals surface area (Å²) in [5.74, 6) is 0.884. The van der Waals surface area contributed by atoms with Gasteiger partial charge in [0.2, 0.25) is 0 Å². The summed E-state index contributed by atoms with van der Waals surface area (Å²) in [6.07, 6.45) is 0.917. The number of benzene rings is 1. The van der Waals surface area contributed by atoms with Gasteiger partial charge in [-0.15, -0.1) is 10.2 Å². The average Bonchev–Trinajstić information content (AvgIpc) is 3.09. The molecule has 1 aromatic carbocycles. The second-order valence-corrected chi connectivity index (χ2v) is 6.49. The Morgan fingerprint density at radius 2 is 1.88 bits per heavy atom. The minimum Gasteiger partial charge on any atom is -0.376 e. The zero-order valence-corrected chi connectivity index (χ0v) is 13.8. The van der Waals surface area contributed by atoms with Crippen molar-refractivity contribution in [2.24, 2.45) is 0 Å². The van der Waals surface area contributed by atoms with Crippen molar-refractivity contribution in [1.82, 2.24) is 19.7 Å². The van der Waals surface area contributed by atoms with Crippen LogP contribution in [0.5, 0.6) is 0 Å². The fourth-order valence-corrected chi connectivity index (χ4v) is 3.11. The van der Waals surface area contributed by atoms with Crippen molar-refractivity contribution in [1.29, 1.82) is 0 Å². The molecular weight excluding hydrogens is 345 g/mol. The lowest BCUT2D eigenvalue weighted by Crippen LogP contribution is -2.39. The van der Waals surface area contributed by atoms with Gasteiger partial charge in [0.25, 0.3) is 0 Å². The number of fused-ring (bicyclic) bond motifs is 3. The van der Waals surface area contributed by atoms with E-state index in [9.17, 15) is 18.3 Å². The second-order valence-electron chi connectivity index (χ2n) is 6.49. The van der Waals surface area contributed by atoms with Gasteiger partial charge in [0.15, 0.2) is 5.60 Å². The molecule has 4 rings (SSSR count). The number of aryl methyl sites for hydroxylation is 2. The first-order valence-electron chi connectivity index (χ1n) is 8.04. The standard InChI is InChI=1S/C18H15F3N4O/c1-17(26,18(19,20)21)14-7-13(8-22-9-14)11-2-4-15-12(6-11)3-5-16-24-23-10-25(15)16/h2,4,6-10,26H,3,5H2,1H3. The molecule has 1 aliphatic heterocycles. The molecule has 0 saturated carbocycles. The first-order valence-corrected chi connectivity index (χ1v) is 8.04. The molecule has 1 atom stereocenters. The van der Waals surface area contributed by atoms with Gasteiger partial charge in [-0.05, 0) is 42.7 Å². The summed E-state index contributed by atoms with van der Waals surface area (Å²) in [5, 5.41) is 17.9. The van der Waals surface area contributed by atoms with E-state index in [4.69, 9.17) is 0 Å². The molecule has 0 spiro atoms. The van der Waals surface area contributed by atoms with E-state index in [1.54, 1.807) is 6.33 Å². The van der Waals surface area contributed by atoms with Crippen LogP contribution in [0.15, 0.2) is 43.0 Å². The molecule has 0 radical (unpaired) electrons. The predicted molar refractivity (Wildman–Crippen MR) is 87.6 cm³/mol. The molecule has 5 nitrogen and oxygen atoms in total. The average molecular weight is 360 g/mol. The molecule has 0 amide bonds. The van der Waals surface area contributed by atoms with E-state index < -0.39 is 11.8 Å². The number of nitrogens with zero attached hydrogens (tertiary/aromatic N) is 4. The Bertz CT molecular complexity index is 979. The fourth-order valence-electron chi connectivity index (χ4n) is 3.11. The van der Waals surface area contributed by atoms with Crippen molar-refractivity contribution < 1.29 is 18.3 Å². The van der Waals surface area contributed by atoms with Crippen molar-refractivity contribution >= 4 is 0 Å². The van der Waals surface area contributed by atoms with Crippen LogP contribution in [0.2, 0.25) is 0 Å². The molecular formula is C18H15F3N4O. The highest BCUT2D eigenvalue weighted by atomic mass is 19.4. The summed E-state index contributed by atoms with van der Waals surface area (Å²) in [5.41, 5.74) is 0.0363. The van der Waals surface area contributed by atoms with Crippen LogP contribution >= 0.6 is 0 Å². The highest BCUT2D eigenvalue weighted by Gasteiger charge is 2.51. The van der Waals surface area contributed by atoms with Crippen LogP contribution < -0.4 is 0 Å². The van der Waals surface area contributed by atoms with Gasteiger partial charge in [0, 0.05) is 29.9 Å². The minimum atomic E-state index is -4.78. The molecule has 3 heterocycles. The summed E-state index contributed by atoms with van der Waals surface area (Å²) in [7, 11) is 0. The SMILES string of the molecule is CC(O)(c1cncc(-c2ccc3c(c2)CCc2nncn2-3)c1)C(F)(F)F. The van der Waals surface area contributed by atoms with Gasteiger partial charge in [-0.1, -0.05) is 6.07 Å². The molecule has 2 aromatic heterocycles. The van der Waals surface area contributed by atoms with E-state index in [-0.39, 0.29) is 5.56 Å². The first-order chi connectivity index (χ1) is 12.3. The summed E-state index contributed by atoms with van der Waals surface area (Å²) in [6, 6.07) is 6.97. The molecule has 26 heavy (non-hydrogen) atoms. The maximum absolute atomic E-state index is 13.1. The summed E-state index contributed by atoms with van der Waals surface area (Å²) >= 11 is 0. The Hall–Kier alpha value is -2.74. The highest BCUT2D eigenvalue weighted by Crippen LogP contribution is 2.39. The Morgan fingerprint density at radius 1 is 1.08 bits per heavy atom. The van der Waals surface area contributed by atoms with E-state index in [1.165, 1.54) is 12.3 Å². The minimum absolute atomic E-state index is 0.290. The highest BCUT2D eigenvalue weighted by molar-refractivity contribution is 5.67. The molecule has 0 bridgehead atoms. The van der Waals surface area contributed by atoms with E-state index in [0.717, 1.165) is 48.6 Å². The van der Waals surface area contributed by atoms with E-state index in [1.807, 2.05) is 22.8 Å². The Balaban J connectivity index is 1.75. The second kappa shape index (κ2) is 5.63. The molecule has 8 heteroatoms. The molecule has 0 fully saturated rings. The summed E-state index contributed by atoms with van der Waals surface area (Å²) in [6.45, 7) is 0.730. The number of aromatic nitrogens is 4. The lowest BCUT2D eigenvalue weighted by Gasteiger charge is -2.26. The molecule has 1 aliphatic rings. The van der Waals surface area contributed by atoms with E-state index in [0.29, 0.717) is 5.56 Å². The molecule has 1 unspecified atom stereocenters. The number of hydrogen-bond acceptors (Lipinski definition) is 4. The normalized spacial score (nSPS) is 15.9. The third kappa shape index (κ3) is 2.57. The van der Waals surface area contributed by atoms with Gasteiger partial charge in [-0.25, -0.2) is 0 Å². The van der Waals surface area contributed by atoms with Gasteiger partial charge in [-0.2, -0.15) is 13.2 Å². The summed E-state index contributed by atoms with van der Waals surface area (Å²) in [4.78, 5) is 3.90. The Kier molecular flexibility index (Phi) is 3.62. The van der Waals surface area contributed by atoms with Crippen molar-refractivity contribution in [2.45, 2.75) is 31.5 Å². The van der Waals surface area contributed by atoms with Gasteiger partial charge < -0.3 is 5.11 Å². The van der Waals surface area contributed by atoms with E-state index in [2.05, 4.69) is 15.2 Å². The van der Waals surface area contributed by atoms with Gasteiger partial charge in [-0.3, -0.25) is 9.55 Å². The van der Waals surface area contributed by atoms with Crippen molar-refractivity contribution in [3.63, 3.8) is 0 Å². The number of hydrogen-bond donors (Lipinski definition) is 1. The Labute approximate surface area is 147 Å². The lowest BCUT2D eigenvalue weighted by atomic mass is 9.93. The van der Waals surface area contributed by atoms with Crippen molar-refractivity contribution in [2.75, 3.05) is 0 Å². The van der Waals surface area contributed by atoms with Crippen molar-refractivity contribution in [3.8, 4) is 16.8 Å². The number of alkyl halides is 3. The smallest absolute Gasteiger partial charge is 0.376 e. The molecule has 134 valence electrons. The number of rotatable bonds is 2. The third-order valence-corrected chi connectivity index (χ3v) is 4.76. The van der Waals surface area contributed by atoms with Crippen LogP contribution in [0.1, 0.15) is 23.9 Å². The third-order valence-electron chi connectivity index (χ3n) is 4.76. The number of pyridine rings is 1. The van der Waals surface area contributed by atoms with Crippen LogP contribution in [-0.2, 0) is 18.4 Å². The zero-order valence-electron chi connectivity index (χ0n) is 13.8. The summed E-state index contributed by atoms with van der Waals surface area (Å²) < 4.78 is 41.2. The molecule has 0 saturated heterocycles. The maximum atomic E-state index is 13.1. The fraction of sp³-hybridized carbons (Fsp3) is 0.278. The van der Waals surface area contributed by atoms with Crippen LogP contribution in [0.3, 0.4) is 0 Å². The van der Waals surface area contributed by atoms with Crippen LogP contribution in [-0.4, -0.2) is 31.0 Å². The van der Waals surface area contributed by atoms with Gasteiger partial charge >= 0.3 is 6.18 Å². The number of aliphatic hydroxyl groups is 1. The maximum Gasteiger partial charge on any atom is 0.421 e. The number of halogens is 3. The predicted octanol–water partition coefficient (Wildman–Crippen LogP) is 3.20. The Morgan fingerprint density at radius 3 is 2.65 bits per heavy atom. The molecule has 3 aromatic rings. The quantitative estimate of drug-likeness (QED) is 0.762. The van der Waals surface area contributed by atoms with Crippen LogP contribution in [0.4, 0.5) is 13.2 Å². The van der Waals surface area contributed by atoms with Gasteiger partial charge in [0.05, 0.1) is 5.69 Å².